The number of aliphatic hydroxyl groups is 1. The second-order valence-corrected chi connectivity index (χ2v) is 7.44. The molecule has 1 fully saturated rings. The number of benzene rings is 1. The van der Waals surface area contributed by atoms with Crippen LogP contribution in [0.5, 0.6) is 0 Å². The lowest BCUT2D eigenvalue weighted by Crippen LogP contribution is -2.42. The quantitative estimate of drug-likeness (QED) is 0.854. The number of nitrogens with zero attached hydrogens (tertiary/aromatic N) is 1. The van der Waals surface area contributed by atoms with Gasteiger partial charge in [0, 0.05) is 6.54 Å². The third-order valence-electron chi connectivity index (χ3n) is 4.34. The van der Waals surface area contributed by atoms with Crippen LogP contribution in [0.25, 0.3) is 0 Å². The molecule has 2 N–H and O–H groups in total. The largest absolute Gasteiger partial charge is 0.388 e. The highest BCUT2D eigenvalue weighted by Gasteiger charge is 2.36. The minimum Gasteiger partial charge on any atom is -0.388 e. The summed E-state index contributed by atoms with van der Waals surface area (Å²) in [5.74, 6) is -0.492. The fourth-order valence-electron chi connectivity index (χ4n) is 2.60. The number of anilines is 1. The Bertz CT molecular complexity index is 570. The summed E-state index contributed by atoms with van der Waals surface area (Å²) in [4.78, 5) is 0. The number of nitrogens with one attached hydrogen (secondary N) is 1. The summed E-state index contributed by atoms with van der Waals surface area (Å²) in [7, 11) is 0. The highest BCUT2D eigenvalue weighted by atomic mass is 79.9. The summed E-state index contributed by atoms with van der Waals surface area (Å²) >= 11 is 3.09. The summed E-state index contributed by atoms with van der Waals surface area (Å²) in [5.41, 5.74) is 0.0485. The smallest absolute Gasteiger partial charge is 0.161 e. The maximum Gasteiger partial charge on any atom is 0.161 e. The molecular formula is C16H20BrFN2O. The van der Waals surface area contributed by atoms with Crippen LogP contribution in [0.15, 0.2) is 16.6 Å². The van der Waals surface area contributed by atoms with E-state index < -0.39 is 11.4 Å². The van der Waals surface area contributed by atoms with E-state index >= 15 is 0 Å². The van der Waals surface area contributed by atoms with Gasteiger partial charge in [-0.05, 0) is 59.2 Å². The van der Waals surface area contributed by atoms with Gasteiger partial charge in [0.25, 0.3) is 0 Å². The first-order chi connectivity index (χ1) is 9.76. The second-order valence-electron chi connectivity index (χ2n) is 6.64. The zero-order valence-corrected chi connectivity index (χ0v) is 13.9. The van der Waals surface area contributed by atoms with E-state index in [1.165, 1.54) is 6.07 Å². The molecule has 5 heteroatoms. The normalized spacial score (nSPS) is 19.8. The van der Waals surface area contributed by atoms with Gasteiger partial charge >= 0.3 is 0 Å². The maximum atomic E-state index is 14.1. The van der Waals surface area contributed by atoms with E-state index in [1.54, 1.807) is 6.07 Å². The minimum atomic E-state index is -0.789. The Morgan fingerprint density at radius 3 is 2.52 bits per heavy atom. The van der Waals surface area contributed by atoms with E-state index in [1.807, 2.05) is 6.07 Å². The van der Waals surface area contributed by atoms with Gasteiger partial charge in [-0.3, -0.25) is 0 Å². The van der Waals surface area contributed by atoms with Gasteiger partial charge < -0.3 is 10.4 Å². The molecule has 0 aliphatic heterocycles. The molecule has 1 aromatic rings. The molecule has 0 atom stereocenters. The first-order valence-electron chi connectivity index (χ1n) is 7.11. The van der Waals surface area contributed by atoms with Crippen LogP contribution >= 0.6 is 15.9 Å². The molecule has 0 aromatic heterocycles. The molecule has 0 saturated heterocycles. The van der Waals surface area contributed by atoms with Gasteiger partial charge in [-0.25, -0.2) is 4.39 Å². The van der Waals surface area contributed by atoms with Crippen LogP contribution in [0.3, 0.4) is 0 Å². The van der Waals surface area contributed by atoms with Gasteiger partial charge in [-0.1, -0.05) is 13.8 Å². The first kappa shape index (κ1) is 16.3. The molecule has 21 heavy (non-hydrogen) atoms. The van der Waals surface area contributed by atoms with Crippen LogP contribution in [0, 0.1) is 22.6 Å². The van der Waals surface area contributed by atoms with Crippen molar-refractivity contribution in [1.82, 2.24) is 0 Å². The van der Waals surface area contributed by atoms with Crippen molar-refractivity contribution in [2.24, 2.45) is 5.41 Å². The van der Waals surface area contributed by atoms with Crippen molar-refractivity contribution in [3.63, 3.8) is 0 Å². The molecule has 3 nitrogen and oxygen atoms in total. The zero-order valence-electron chi connectivity index (χ0n) is 12.3. The predicted molar refractivity (Wildman–Crippen MR) is 84.5 cm³/mol. The summed E-state index contributed by atoms with van der Waals surface area (Å²) < 4.78 is 14.3. The van der Waals surface area contributed by atoms with Crippen LogP contribution in [-0.2, 0) is 0 Å². The van der Waals surface area contributed by atoms with Crippen molar-refractivity contribution >= 4 is 21.6 Å². The van der Waals surface area contributed by atoms with Crippen molar-refractivity contribution in [3.05, 3.63) is 28.0 Å². The lowest BCUT2D eigenvalue weighted by molar-refractivity contribution is -0.0145. The Labute approximate surface area is 133 Å². The van der Waals surface area contributed by atoms with Gasteiger partial charge in [0.15, 0.2) is 5.82 Å². The molecule has 1 aromatic carbocycles. The number of nitriles is 1. The topological polar surface area (TPSA) is 56.0 Å². The van der Waals surface area contributed by atoms with Gasteiger partial charge in [-0.2, -0.15) is 5.26 Å². The average molecular weight is 355 g/mol. The van der Waals surface area contributed by atoms with Crippen LogP contribution in [0.4, 0.5) is 10.1 Å². The average Bonchev–Trinajstić information content (AvgIpc) is 2.45. The fourth-order valence-corrected chi connectivity index (χ4v) is 3.04. The number of hydrogen-bond acceptors (Lipinski definition) is 3. The Kier molecular flexibility index (Phi) is 4.60. The third kappa shape index (κ3) is 3.75. The van der Waals surface area contributed by atoms with Crippen LogP contribution < -0.4 is 5.32 Å². The molecule has 0 unspecified atom stereocenters. The molecule has 0 bridgehead atoms. The standard InChI is InChI=1S/C16H20BrFN2O/c1-15(2)5-7-16(21,8-6-15)10-20-12-4-3-11(9-19)13(17)14(12)18/h3-4,20-21H,5-8,10H2,1-2H3. The maximum absolute atomic E-state index is 14.1. The van der Waals surface area contributed by atoms with Gasteiger partial charge in [0.1, 0.15) is 6.07 Å². The van der Waals surface area contributed by atoms with Crippen molar-refractivity contribution in [2.45, 2.75) is 45.1 Å². The molecular weight excluding hydrogens is 335 g/mol. The molecule has 1 aliphatic carbocycles. The Morgan fingerprint density at radius 2 is 1.95 bits per heavy atom. The summed E-state index contributed by atoms with van der Waals surface area (Å²) in [5, 5.41) is 22.4. The third-order valence-corrected chi connectivity index (χ3v) is 5.12. The first-order valence-corrected chi connectivity index (χ1v) is 7.90. The summed E-state index contributed by atoms with van der Waals surface area (Å²) in [6.07, 6.45) is 3.35. The van der Waals surface area contributed by atoms with Crippen molar-refractivity contribution in [2.75, 3.05) is 11.9 Å². The summed E-state index contributed by atoms with van der Waals surface area (Å²) in [6.45, 7) is 4.73. The van der Waals surface area contributed by atoms with Crippen molar-refractivity contribution in [1.29, 1.82) is 5.26 Å². The zero-order chi connectivity index (χ0) is 15.7. The van der Waals surface area contributed by atoms with Gasteiger partial charge in [0.05, 0.1) is 21.3 Å². The van der Waals surface area contributed by atoms with E-state index in [9.17, 15) is 9.50 Å². The van der Waals surface area contributed by atoms with Crippen LogP contribution in [0.1, 0.15) is 45.1 Å². The molecule has 0 radical (unpaired) electrons. The lowest BCUT2D eigenvalue weighted by atomic mass is 9.71. The second kappa shape index (κ2) is 5.94. The SMILES string of the molecule is CC1(C)CCC(O)(CNc2ccc(C#N)c(Br)c2F)CC1. The van der Waals surface area contributed by atoms with E-state index in [-0.39, 0.29) is 15.5 Å². The molecule has 2 rings (SSSR count). The molecule has 0 heterocycles. The van der Waals surface area contributed by atoms with Crippen molar-refractivity contribution in [3.8, 4) is 6.07 Å². The number of hydrogen-bond donors (Lipinski definition) is 2. The molecule has 1 aliphatic rings. The van der Waals surface area contributed by atoms with Gasteiger partial charge in [-0.15, -0.1) is 0 Å². The fraction of sp³-hybridized carbons (Fsp3) is 0.562. The van der Waals surface area contributed by atoms with Crippen molar-refractivity contribution < 1.29 is 9.50 Å². The molecule has 1 saturated carbocycles. The van der Waals surface area contributed by atoms with Crippen LogP contribution in [0.2, 0.25) is 0 Å². The predicted octanol–water partition coefficient (Wildman–Crippen LogP) is 4.20. The number of rotatable bonds is 3. The Hall–Kier alpha value is -1.12. The Morgan fingerprint density at radius 1 is 1.33 bits per heavy atom. The molecule has 114 valence electrons. The van der Waals surface area contributed by atoms with Crippen LogP contribution in [-0.4, -0.2) is 17.3 Å². The number of halogens is 2. The highest BCUT2D eigenvalue weighted by molar-refractivity contribution is 9.10. The summed E-state index contributed by atoms with van der Waals surface area (Å²) in [6, 6.07) is 5.02. The molecule has 0 spiro atoms. The van der Waals surface area contributed by atoms with E-state index in [4.69, 9.17) is 5.26 Å². The highest BCUT2D eigenvalue weighted by Crippen LogP contribution is 2.40. The lowest BCUT2D eigenvalue weighted by Gasteiger charge is -2.40. The van der Waals surface area contributed by atoms with E-state index in [2.05, 4.69) is 35.1 Å². The minimum absolute atomic E-state index is 0.159. The van der Waals surface area contributed by atoms with E-state index in [0.29, 0.717) is 25.1 Å². The van der Waals surface area contributed by atoms with E-state index in [0.717, 1.165) is 12.8 Å². The monoisotopic (exact) mass is 354 g/mol. The molecule has 0 amide bonds. The van der Waals surface area contributed by atoms with Gasteiger partial charge in [0.2, 0.25) is 0 Å². The Balaban J connectivity index is 2.04.